The van der Waals surface area contributed by atoms with Gasteiger partial charge in [-0.15, -0.1) is 0 Å². The summed E-state index contributed by atoms with van der Waals surface area (Å²) in [6.45, 7) is 3.06. The highest BCUT2D eigenvalue weighted by Gasteiger charge is 2.11. The SMILES string of the molecule is CCOC(=O)c1ccc(CNCc2ccc(C(=O)O)cc2)o1. The lowest BCUT2D eigenvalue weighted by atomic mass is 10.1. The van der Waals surface area contributed by atoms with Gasteiger partial charge in [-0.25, -0.2) is 9.59 Å². The quantitative estimate of drug-likeness (QED) is 0.764. The number of hydrogen-bond donors (Lipinski definition) is 2. The van der Waals surface area contributed by atoms with Crippen LogP contribution in [0.3, 0.4) is 0 Å². The largest absolute Gasteiger partial charge is 0.478 e. The predicted octanol–water partition coefficient (Wildman–Crippen LogP) is 2.44. The molecule has 2 aromatic rings. The predicted molar refractivity (Wildman–Crippen MR) is 78.6 cm³/mol. The molecule has 0 fully saturated rings. The molecule has 0 aliphatic heterocycles. The van der Waals surface area contributed by atoms with Crippen molar-refractivity contribution in [2.24, 2.45) is 0 Å². The number of benzene rings is 1. The van der Waals surface area contributed by atoms with Crippen LogP contribution in [0.1, 0.15) is 39.2 Å². The van der Waals surface area contributed by atoms with Crippen LogP contribution in [-0.2, 0) is 17.8 Å². The molecular weight excluding hydrogens is 286 g/mol. The summed E-state index contributed by atoms with van der Waals surface area (Å²) in [4.78, 5) is 22.2. The zero-order valence-corrected chi connectivity index (χ0v) is 12.2. The van der Waals surface area contributed by atoms with E-state index in [0.717, 1.165) is 5.56 Å². The van der Waals surface area contributed by atoms with Gasteiger partial charge < -0.3 is 19.6 Å². The minimum absolute atomic E-state index is 0.185. The average molecular weight is 303 g/mol. The minimum atomic E-state index is -0.943. The molecule has 2 rings (SSSR count). The van der Waals surface area contributed by atoms with Crippen LogP contribution in [-0.4, -0.2) is 23.7 Å². The van der Waals surface area contributed by atoms with Crippen LogP contribution in [0.25, 0.3) is 0 Å². The van der Waals surface area contributed by atoms with Gasteiger partial charge in [0.1, 0.15) is 5.76 Å². The van der Waals surface area contributed by atoms with Crippen LogP contribution in [0.15, 0.2) is 40.8 Å². The summed E-state index contributed by atoms with van der Waals surface area (Å²) >= 11 is 0. The van der Waals surface area contributed by atoms with E-state index in [1.54, 1.807) is 43.3 Å². The number of esters is 1. The minimum Gasteiger partial charge on any atom is -0.478 e. The van der Waals surface area contributed by atoms with Gasteiger partial charge in [0.05, 0.1) is 18.7 Å². The molecular formula is C16H17NO5. The van der Waals surface area contributed by atoms with Crippen molar-refractivity contribution in [3.63, 3.8) is 0 Å². The van der Waals surface area contributed by atoms with Gasteiger partial charge in [0.15, 0.2) is 0 Å². The van der Waals surface area contributed by atoms with E-state index < -0.39 is 11.9 Å². The van der Waals surface area contributed by atoms with Crippen molar-refractivity contribution in [1.82, 2.24) is 5.32 Å². The zero-order valence-electron chi connectivity index (χ0n) is 12.2. The first-order valence-corrected chi connectivity index (χ1v) is 6.89. The normalized spacial score (nSPS) is 10.4. The number of ether oxygens (including phenoxy) is 1. The molecule has 0 saturated carbocycles. The second-order valence-electron chi connectivity index (χ2n) is 4.59. The highest BCUT2D eigenvalue weighted by molar-refractivity contribution is 5.87. The average Bonchev–Trinajstić information content (AvgIpc) is 2.97. The van der Waals surface area contributed by atoms with E-state index in [1.807, 2.05) is 0 Å². The molecule has 0 unspecified atom stereocenters. The Kier molecular flexibility index (Phi) is 5.32. The van der Waals surface area contributed by atoms with Crippen molar-refractivity contribution < 1.29 is 23.8 Å². The number of furan rings is 1. The Labute approximate surface area is 127 Å². The lowest BCUT2D eigenvalue weighted by molar-refractivity contribution is 0.0487. The van der Waals surface area contributed by atoms with Crippen LogP contribution >= 0.6 is 0 Å². The van der Waals surface area contributed by atoms with E-state index in [-0.39, 0.29) is 11.3 Å². The second kappa shape index (κ2) is 7.42. The van der Waals surface area contributed by atoms with Crippen molar-refractivity contribution in [2.45, 2.75) is 20.0 Å². The van der Waals surface area contributed by atoms with E-state index in [2.05, 4.69) is 5.32 Å². The summed E-state index contributed by atoms with van der Waals surface area (Å²) in [7, 11) is 0. The van der Waals surface area contributed by atoms with Gasteiger partial charge in [-0.05, 0) is 36.8 Å². The fourth-order valence-corrected chi connectivity index (χ4v) is 1.88. The molecule has 0 aliphatic carbocycles. The number of aromatic carboxylic acids is 1. The van der Waals surface area contributed by atoms with Crippen LogP contribution < -0.4 is 5.32 Å². The molecule has 0 amide bonds. The van der Waals surface area contributed by atoms with Gasteiger partial charge in [-0.2, -0.15) is 0 Å². The number of rotatable bonds is 7. The van der Waals surface area contributed by atoms with E-state index in [4.69, 9.17) is 14.3 Å². The summed E-state index contributed by atoms with van der Waals surface area (Å²) in [5, 5.41) is 12.0. The van der Waals surface area contributed by atoms with Crippen LogP contribution in [0.2, 0.25) is 0 Å². The van der Waals surface area contributed by atoms with Gasteiger partial charge >= 0.3 is 11.9 Å². The first-order valence-electron chi connectivity index (χ1n) is 6.89. The summed E-state index contributed by atoms with van der Waals surface area (Å²) in [5.74, 6) is -0.603. The third-order valence-corrected chi connectivity index (χ3v) is 2.97. The molecule has 0 saturated heterocycles. The standard InChI is InChI=1S/C16H17NO5/c1-2-21-16(20)14-8-7-13(22-14)10-17-9-11-3-5-12(6-4-11)15(18)19/h3-8,17H,2,9-10H2,1H3,(H,18,19). The Morgan fingerprint density at radius 3 is 2.50 bits per heavy atom. The van der Waals surface area contributed by atoms with Crippen molar-refractivity contribution in [3.8, 4) is 0 Å². The molecule has 1 heterocycles. The first-order chi connectivity index (χ1) is 10.6. The molecule has 2 N–H and O–H groups in total. The highest BCUT2D eigenvalue weighted by atomic mass is 16.5. The van der Waals surface area contributed by atoms with E-state index in [1.165, 1.54) is 0 Å². The molecule has 0 radical (unpaired) electrons. The van der Waals surface area contributed by atoms with Gasteiger partial charge in [-0.3, -0.25) is 0 Å². The fourth-order valence-electron chi connectivity index (χ4n) is 1.88. The zero-order chi connectivity index (χ0) is 15.9. The maximum Gasteiger partial charge on any atom is 0.374 e. The van der Waals surface area contributed by atoms with E-state index >= 15 is 0 Å². The molecule has 0 aliphatic rings. The molecule has 116 valence electrons. The van der Waals surface area contributed by atoms with Crippen molar-refractivity contribution in [3.05, 3.63) is 59.0 Å². The third-order valence-electron chi connectivity index (χ3n) is 2.97. The van der Waals surface area contributed by atoms with Gasteiger partial charge in [0.2, 0.25) is 5.76 Å². The molecule has 6 nitrogen and oxygen atoms in total. The Morgan fingerprint density at radius 2 is 1.86 bits per heavy atom. The van der Waals surface area contributed by atoms with Gasteiger partial charge in [0.25, 0.3) is 0 Å². The molecule has 0 bridgehead atoms. The van der Waals surface area contributed by atoms with Gasteiger partial charge in [-0.1, -0.05) is 12.1 Å². The summed E-state index contributed by atoms with van der Waals surface area (Å²) in [6, 6.07) is 9.92. The van der Waals surface area contributed by atoms with Crippen molar-refractivity contribution in [1.29, 1.82) is 0 Å². The number of carbonyl (C=O) groups excluding carboxylic acids is 1. The molecule has 1 aromatic heterocycles. The van der Waals surface area contributed by atoms with E-state index in [0.29, 0.717) is 25.5 Å². The maximum absolute atomic E-state index is 11.5. The number of carboxylic acids is 1. The molecule has 1 aromatic carbocycles. The van der Waals surface area contributed by atoms with Gasteiger partial charge in [0, 0.05) is 6.54 Å². The van der Waals surface area contributed by atoms with Crippen LogP contribution in [0.4, 0.5) is 0 Å². The molecule has 22 heavy (non-hydrogen) atoms. The molecule has 0 atom stereocenters. The Morgan fingerprint density at radius 1 is 1.14 bits per heavy atom. The number of carboxylic acid groups (broad SMARTS) is 1. The third kappa shape index (κ3) is 4.20. The lowest BCUT2D eigenvalue weighted by Crippen LogP contribution is -2.12. The van der Waals surface area contributed by atoms with Crippen LogP contribution in [0, 0.1) is 0 Å². The number of carbonyl (C=O) groups is 2. The monoisotopic (exact) mass is 303 g/mol. The van der Waals surface area contributed by atoms with Crippen LogP contribution in [0.5, 0.6) is 0 Å². The molecule has 6 heteroatoms. The Hall–Kier alpha value is -2.60. The maximum atomic E-state index is 11.5. The molecule has 0 spiro atoms. The Balaban J connectivity index is 1.83. The summed E-state index contributed by atoms with van der Waals surface area (Å²) < 4.78 is 10.2. The summed E-state index contributed by atoms with van der Waals surface area (Å²) in [5.41, 5.74) is 1.22. The number of nitrogens with one attached hydrogen (secondary N) is 1. The highest BCUT2D eigenvalue weighted by Crippen LogP contribution is 2.10. The topological polar surface area (TPSA) is 88.8 Å². The second-order valence-corrected chi connectivity index (χ2v) is 4.59. The van der Waals surface area contributed by atoms with Crippen molar-refractivity contribution >= 4 is 11.9 Å². The van der Waals surface area contributed by atoms with Crippen molar-refractivity contribution in [2.75, 3.05) is 6.61 Å². The smallest absolute Gasteiger partial charge is 0.374 e. The lowest BCUT2D eigenvalue weighted by Gasteiger charge is -2.04. The first kappa shape index (κ1) is 15.8. The summed E-state index contributed by atoms with van der Waals surface area (Å²) in [6.07, 6.45) is 0. The Bertz CT molecular complexity index is 645. The van der Waals surface area contributed by atoms with E-state index in [9.17, 15) is 9.59 Å². The number of hydrogen-bond acceptors (Lipinski definition) is 5. The fraction of sp³-hybridized carbons (Fsp3) is 0.250.